The molecule has 0 aliphatic rings. The minimum Gasteiger partial charge on any atom is -0.448 e. The molecule has 0 unspecified atom stereocenters. The van der Waals surface area contributed by atoms with Gasteiger partial charge in [-0.25, -0.2) is 0 Å². The summed E-state index contributed by atoms with van der Waals surface area (Å²) in [6.45, 7) is 1.84. The number of nitro benzene ring substituents is 1. The normalized spacial score (nSPS) is 12.0. The highest BCUT2D eigenvalue weighted by Gasteiger charge is 2.16. The van der Waals surface area contributed by atoms with Crippen LogP contribution in [0.25, 0.3) is 0 Å². The van der Waals surface area contributed by atoms with E-state index in [1.165, 1.54) is 24.4 Å². The third-order valence-electron chi connectivity index (χ3n) is 2.83. The van der Waals surface area contributed by atoms with Crippen molar-refractivity contribution in [2.24, 2.45) is 0 Å². The second-order valence-corrected chi connectivity index (χ2v) is 4.75. The van der Waals surface area contributed by atoms with Gasteiger partial charge in [-0.3, -0.25) is 15.1 Å². The maximum atomic E-state index is 10.9. The van der Waals surface area contributed by atoms with Crippen molar-refractivity contribution < 1.29 is 14.8 Å². The number of ether oxygens (including phenoxy) is 1. The average Bonchev–Trinajstić information content (AvgIpc) is 2.47. The van der Waals surface area contributed by atoms with Crippen LogP contribution in [0.2, 0.25) is 5.02 Å². The zero-order valence-electron chi connectivity index (χ0n) is 11.2. The number of rotatable bonds is 5. The van der Waals surface area contributed by atoms with E-state index in [2.05, 4.69) is 4.98 Å². The monoisotopic (exact) mass is 308 g/mol. The van der Waals surface area contributed by atoms with Crippen LogP contribution in [0, 0.1) is 10.1 Å². The summed E-state index contributed by atoms with van der Waals surface area (Å²) in [6.07, 6.45) is 1.31. The minimum absolute atomic E-state index is 0.0399. The number of benzene rings is 1. The Hall–Kier alpha value is -2.18. The molecule has 1 aromatic heterocycles. The van der Waals surface area contributed by atoms with Crippen LogP contribution in [0.15, 0.2) is 36.5 Å². The Labute approximate surface area is 126 Å². The fraction of sp³-hybridized carbons (Fsp3) is 0.214. The van der Waals surface area contributed by atoms with Gasteiger partial charge in [0.2, 0.25) is 5.75 Å². The molecule has 0 saturated heterocycles. The molecule has 2 rings (SSSR count). The lowest BCUT2D eigenvalue weighted by Crippen LogP contribution is -1.99. The molecule has 110 valence electrons. The zero-order valence-corrected chi connectivity index (χ0v) is 11.9. The summed E-state index contributed by atoms with van der Waals surface area (Å²) < 4.78 is 5.45. The summed E-state index contributed by atoms with van der Waals surface area (Å²) in [5, 5.41) is 20.9. The summed E-state index contributed by atoms with van der Waals surface area (Å²) in [5.74, 6) is 0.366. The Morgan fingerprint density at radius 1 is 1.43 bits per heavy atom. The van der Waals surface area contributed by atoms with Crippen molar-refractivity contribution in [3.8, 4) is 11.5 Å². The summed E-state index contributed by atoms with van der Waals surface area (Å²) >= 11 is 5.82. The SMILES string of the molecule is CC[C@@H](O)c1ccc(Oc2cc(Cl)ccc2[N+](=O)[O-])cn1. The Balaban J connectivity index is 2.26. The maximum absolute atomic E-state index is 10.9. The highest BCUT2D eigenvalue weighted by Crippen LogP contribution is 2.33. The van der Waals surface area contributed by atoms with Crippen LogP contribution in [-0.4, -0.2) is 15.0 Å². The predicted octanol–water partition coefficient (Wildman–Crippen LogP) is 3.88. The second-order valence-electron chi connectivity index (χ2n) is 4.31. The van der Waals surface area contributed by atoms with Crippen LogP contribution in [0.4, 0.5) is 5.69 Å². The number of aliphatic hydroxyl groups excluding tert-OH is 1. The molecule has 2 aromatic rings. The molecule has 0 aliphatic heterocycles. The molecule has 0 bridgehead atoms. The number of halogens is 1. The van der Waals surface area contributed by atoms with Gasteiger partial charge in [-0.15, -0.1) is 0 Å². The predicted molar refractivity (Wildman–Crippen MR) is 77.7 cm³/mol. The molecule has 1 aromatic carbocycles. The number of aliphatic hydroxyl groups is 1. The smallest absolute Gasteiger partial charge is 0.311 e. The van der Waals surface area contributed by atoms with Crippen LogP contribution in [0.3, 0.4) is 0 Å². The minimum atomic E-state index is -0.639. The van der Waals surface area contributed by atoms with Crippen molar-refractivity contribution in [3.63, 3.8) is 0 Å². The van der Waals surface area contributed by atoms with Gasteiger partial charge in [-0.1, -0.05) is 18.5 Å². The summed E-state index contributed by atoms with van der Waals surface area (Å²) in [5.41, 5.74) is 0.336. The fourth-order valence-electron chi connectivity index (χ4n) is 1.71. The first-order valence-electron chi connectivity index (χ1n) is 6.27. The standard InChI is InChI=1S/C14H13ClN2O4/c1-2-13(18)11-5-4-10(8-16-11)21-14-7-9(15)3-6-12(14)17(19)20/h3-8,13,18H,2H2,1H3/t13-/m1/s1. The van der Waals surface area contributed by atoms with E-state index < -0.39 is 11.0 Å². The highest BCUT2D eigenvalue weighted by atomic mass is 35.5. The first kappa shape index (κ1) is 15.2. The van der Waals surface area contributed by atoms with E-state index >= 15 is 0 Å². The molecule has 6 nitrogen and oxygen atoms in total. The number of hydrogen-bond acceptors (Lipinski definition) is 5. The van der Waals surface area contributed by atoms with E-state index in [0.717, 1.165) is 0 Å². The largest absolute Gasteiger partial charge is 0.448 e. The molecule has 21 heavy (non-hydrogen) atoms. The molecule has 0 amide bonds. The van der Waals surface area contributed by atoms with Crippen molar-refractivity contribution in [2.45, 2.75) is 19.4 Å². The Kier molecular flexibility index (Phi) is 4.72. The highest BCUT2D eigenvalue weighted by molar-refractivity contribution is 6.30. The second kappa shape index (κ2) is 6.51. The van der Waals surface area contributed by atoms with Gasteiger partial charge in [0.1, 0.15) is 5.75 Å². The van der Waals surface area contributed by atoms with Gasteiger partial charge in [-0.2, -0.15) is 0 Å². The molecule has 1 atom stereocenters. The van der Waals surface area contributed by atoms with E-state index in [0.29, 0.717) is 22.9 Å². The molecular formula is C14H13ClN2O4. The summed E-state index contributed by atoms with van der Waals surface area (Å²) in [6, 6.07) is 7.27. The fourth-order valence-corrected chi connectivity index (χ4v) is 1.87. The first-order valence-corrected chi connectivity index (χ1v) is 6.65. The topological polar surface area (TPSA) is 85.5 Å². The van der Waals surface area contributed by atoms with Gasteiger partial charge in [0.25, 0.3) is 0 Å². The van der Waals surface area contributed by atoms with E-state index in [1.807, 2.05) is 6.92 Å². The Bertz CT molecular complexity index is 646. The lowest BCUT2D eigenvalue weighted by molar-refractivity contribution is -0.385. The molecule has 7 heteroatoms. The van der Waals surface area contributed by atoms with Crippen LogP contribution in [-0.2, 0) is 0 Å². The number of hydrogen-bond donors (Lipinski definition) is 1. The summed E-state index contributed by atoms with van der Waals surface area (Å²) in [7, 11) is 0. The molecular weight excluding hydrogens is 296 g/mol. The van der Waals surface area contributed by atoms with E-state index in [4.69, 9.17) is 16.3 Å². The number of nitro groups is 1. The molecule has 0 aliphatic carbocycles. The quantitative estimate of drug-likeness (QED) is 0.669. The molecule has 0 saturated carbocycles. The molecule has 0 fully saturated rings. The van der Waals surface area contributed by atoms with Crippen LogP contribution in [0.5, 0.6) is 11.5 Å². The molecule has 1 heterocycles. The summed E-state index contributed by atoms with van der Waals surface area (Å²) in [4.78, 5) is 14.5. The third-order valence-corrected chi connectivity index (χ3v) is 3.07. The van der Waals surface area contributed by atoms with Crippen molar-refractivity contribution in [1.29, 1.82) is 0 Å². The zero-order chi connectivity index (χ0) is 15.4. The van der Waals surface area contributed by atoms with Crippen LogP contribution >= 0.6 is 11.6 Å². The lowest BCUT2D eigenvalue weighted by Gasteiger charge is -2.09. The molecule has 0 spiro atoms. The average molecular weight is 309 g/mol. The van der Waals surface area contributed by atoms with E-state index in [-0.39, 0.29) is 11.4 Å². The van der Waals surface area contributed by atoms with E-state index in [1.54, 1.807) is 12.1 Å². The number of aromatic nitrogens is 1. The maximum Gasteiger partial charge on any atom is 0.311 e. The number of pyridine rings is 1. The molecule has 0 radical (unpaired) electrons. The van der Waals surface area contributed by atoms with Crippen molar-refractivity contribution >= 4 is 17.3 Å². The van der Waals surface area contributed by atoms with Gasteiger partial charge in [0.05, 0.1) is 22.9 Å². The first-order chi connectivity index (χ1) is 10.0. The van der Waals surface area contributed by atoms with Gasteiger partial charge in [-0.05, 0) is 24.6 Å². The lowest BCUT2D eigenvalue weighted by atomic mass is 10.2. The van der Waals surface area contributed by atoms with Crippen molar-refractivity contribution in [1.82, 2.24) is 4.98 Å². The Morgan fingerprint density at radius 2 is 2.19 bits per heavy atom. The van der Waals surface area contributed by atoms with Crippen molar-refractivity contribution in [3.05, 3.63) is 57.4 Å². The molecule has 1 N–H and O–H groups in total. The van der Waals surface area contributed by atoms with Gasteiger partial charge < -0.3 is 9.84 Å². The van der Waals surface area contributed by atoms with E-state index in [9.17, 15) is 15.2 Å². The third kappa shape index (κ3) is 3.68. The Morgan fingerprint density at radius 3 is 2.76 bits per heavy atom. The van der Waals surface area contributed by atoms with Crippen LogP contribution in [0.1, 0.15) is 25.1 Å². The van der Waals surface area contributed by atoms with Gasteiger partial charge in [0, 0.05) is 17.2 Å². The van der Waals surface area contributed by atoms with Crippen LogP contribution < -0.4 is 4.74 Å². The van der Waals surface area contributed by atoms with Gasteiger partial charge in [0.15, 0.2) is 0 Å². The van der Waals surface area contributed by atoms with Gasteiger partial charge >= 0.3 is 5.69 Å². The van der Waals surface area contributed by atoms with Crippen molar-refractivity contribution in [2.75, 3.05) is 0 Å². The number of nitrogens with zero attached hydrogens (tertiary/aromatic N) is 2.